The van der Waals surface area contributed by atoms with E-state index in [2.05, 4.69) is 20.6 Å². The first-order valence-corrected chi connectivity index (χ1v) is 11.9. The maximum absolute atomic E-state index is 12.7. The van der Waals surface area contributed by atoms with Gasteiger partial charge in [-0.15, -0.1) is 11.3 Å². The monoisotopic (exact) mass is 456 g/mol. The van der Waals surface area contributed by atoms with E-state index in [1.807, 2.05) is 26.0 Å². The lowest BCUT2D eigenvalue weighted by atomic mass is 9.97. The van der Waals surface area contributed by atoms with Gasteiger partial charge in [0, 0.05) is 10.6 Å². The van der Waals surface area contributed by atoms with Crippen LogP contribution in [0.15, 0.2) is 28.2 Å². The van der Waals surface area contributed by atoms with E-state index in [4.69, 9.17) is 0 Å². The van der Waals surface area contributed by atoms with Crippen LogP contribution in [0.4, 0.5) is 10.5 Å². The third kappa shape index (κ3) is 4.67. The Labute approximate surface area is 188 Å². The predicted molar refractivity (Wildman–Crippen MR) is 125 cm³/mol. The summed E-state index contributed by atoms with van der Waals surface area (Å²) < 4.78 is 0. The number of nitrogens with zero attached hydrogens (tertiary/aromatic N) is 1. The lowest BCUT2D eigenvalue weighted by Crippen LogP contribution is -2.39. The first-order valence-electron chi connectivity index (χ1n) is 10.2. The van der Waals surface area contributed by atoms with Crippen molar-refractivity contribution in [3.8, 4) is 0 Å². The molecule has 162 valence electrons. The Bertz CT molecular complexity index is 1230. The smallest absolute Gasteiger partial charge is 0.307 e. The van der Waals surface area contributed by atoms with Crippen LogP contribution in [0.5, 0.6) is 0 Å². The van der Waals surface area contributed by atoms with E-state index in [0.29, 0.717) is 16.2 Å². The topological polar surface area (TPSA) is 104 Å². The van der Waals surface area contributed by atoms with Crippen LogP contribution >= 0.6 is 23.1 Å². The molecule has 0 radical (unpaired) electrons. The fraction of sp³-hybridized carbons (Fsp3) is 0.364. The van der Waals surface area contributed by atoms with Gasteiger partial charge in [0.25, 0.3) is 5.56 Å². The number of thioether (sulfide) groups is 1. The van der Waals surface area contributed by atoms with Gasteiger partial charge in [0.15, 0.2) is 5.16 Å². The number of benzene rings is 1. The van der Waals surface area contributed by atoms with Crippen molar-refractivity contribution in [3.63, 3.8) is 0 Å². The minimum atomic E-state index is -0.611. The molecule has 1 aromatic carbocycles. The van der Waals surface area contributed by atoms with Crippen LogP contribution in [0.1, 0.15) is 41.3 Å². The largest absolute Gasteiger partial charge is 0.325 e. The second kappa shape index (κ2) is 8.84. The number of carbonyl (C=O) groups is 2. The summed E-state index contributed by atoms with van der Waals surface area (Å²) in [5.41, 5.74) is 3.63. The fourth-order valence-electron chi connectivity index (χ4n) is 3.74. The Kier molecular flexibility index (Phi) is 6.15. The zero-order valence-corrected chi connectivity index (χ0v) is 19.3. The van der Waals surface area contributed by atoms with Crippen LogP contribution in [0.3, 0.4) is 0 Å². The Morgan fingerprint density at radius 2 is 2.00 bits per heavy atom. The van der Waals surface area contributed by atoms with Crippen molar-refractivity contribution in [3.05, 3.63) is 50.1 Å². The molecule has 1 unspecified atom stereocenters. The minimum absolute atomic E-state index is 0.160. The number of aryl methyl sites for hydroxylation is 4. The normalized spacial score (nSPS) is 14.2. The Hall–Kier alpha value is -2.65. The van der Waals surface area contributed by atoms with Gasteiger partial charge in [0.1, 0.15) is 4.83 Å². The molecule has 0 saturated carbocycles. The highest BCUT2D eigenvalue weighted by molar-refractivity contribution is 8.00. The Balaban J connectivity index is 1.43. The van der Waals surface area contributed by atoms with E-state index in [1.54, 1.807) is 24.3 Å². The van der Waals surface area contributed by atoms with Crippen LogP contribution < -0.4 is 16.2 Å². The van der Waals surface area contributed by atoms with Crippen LogP contribution in [0, 0.1) is 13.8 Å². The molecular formula is C22H24N4O3S2. The molecule has 9 heteroatoms. The molecule has 7 nitrogen and oxygen atoms in total. The van der Waals surface area contributed by atoms with Crippen LogP contribution in [0.25, 0.3) is 10.2 Å². The number of anilines is 1. The van der Waals surface area contributed by atoms with Gasteiger partial charge in [-0.3, -0.25) is 14.9 Å². The highest BCUT2D eigenvalue weighted by Crippen LogP contribution is 2.34. The minimum Gasteiger partial charge on any atom is -0.307 e. The van der Waals surface area contributed by atoms with Crippen LogP contribution in [-0.2, 0) is 17.6 Å². The van der Waals surface area contributed by atoms with Gasteiger partial charge in [0.2, 0.25) is 5.91 Å². The quantitative estimate of drug-likeness (QED) is 0.401. The number of urea groups is 1. The van der Waals surface area contributed by atoms with E-state index in [-0.39, 0.29) is 5.56 Å². The molecule has 31 heavy (non-hydrogen) atoms. The molecule has 0 fully saturated rings. The van der Waals surface area contributed by atoms with Crippen molar-refractivity contribution >= 4 is 50.9 Å². The number of hydrogen-bond acceptors (Lipinski definition) is 6. The molecule has 1 atom stereocenters. The molecule has 0 spiro atoms. The van der Waals surface area contributed by atoms with Gasteiger partial charge in [0.05, 0.1) is 10.6 Å². The zero-order valence-electron chi connectivity index (χ0n) is 17.6. The number of aromatic nitrogens is 2. The Morgan fingerprint density at radius 3 is 2.77 bits per heavy atom. The average Bonchev–Trinajstić information content (AvgIpc) is 3.08. The number of fused-ring (bicyclic) bond motifs is 3. The second-order valence-electron chi connectivity index (χ2n) is 7.78. The van der Waals surface area contributed by atoms with Crippen molar-refractivity contribution < 1.29 is 9.59 Å². The van der Waals surface area contributed by atoms with Crippen LogP contribution in [-0.4, -0.2) is 27.2 Å². The summed E-state index contributed by atoms with van der Waals surface area (Å²) in [5, 5.41) is 5.51. The molecule has 0 aliphatic heterocycles. The summed E-state index contributed by atoms with van der Waals surface area (Å²) in [7, 11) is 0. The third-order valence-corrected chi connectivity index (χ3v) is 7.50. The van der Waals surface area contributed by atoms with Crippen molar-refractivity contribution in [1.82, 2.24) is 15.3 Å². The molecule has 0 bridgehead atoms. The number of imide groups is 1. The highest BCUT2D eigenvalue weighted by Gasteiger charge is 2.22. The van der Waals surface area contributed by atoms with Gasteiger partial charge < -0.3 is 10.3 Å². The first kappa shape index (κ1) is 21.6. The first-order chi connectivity index (χ1) is 14.8. The number of aromatic amines is 1. The molecule has 2 heterocycles. The van der Waals surface area contributed by atoms with Crippen molar-refractivity contribution in [2.24, 2.45) is 0 Å². The van der Waals surface area contributed by atoms with E-state index < -0.39 is 17.2 Å². The van der Waals surface area contributed by atoms with Gasteiger partial charge in [-0.05, 0) is 63.6 Å². The molecule has 1 aliphatic carbocycles. The number of carbonyl (C=O) groups excluding carboxylic acids is 2. The molecule has 0 saturated heterocycles. The molecule has 2 aromatic heterocycles. The van der Waals surface area contributed by atoms with Gasteiger partial charge in [-0.2, -0.15) is 0 Å². The number of thiophene rings is 1. The average molecular weight is 457 g/mol. The lowest BCUT2D eigenvalue weighted by molar-refractivity contribution is -0.119. The van der Waals surface area contributed by atoms with Gasteiger partial charge in [-0.1, -0.05) is 29.5 Å². The highest BCUT2D eigenvalue weighted by atomic mass is 32.2. The van der Waals surface area contributed by atoms with Crippen molar-refractivity contribution in [1.29, 1.82) is 0 Å². The van der Waals surface area contributed by atoms with E-state index >= 15 is 0 Å². The van der Waals surface area contributed by atoms with E-state index in [9.17, 15) is 14.4 Å². The second-order valence-corrected chi connectivity index (χ2v) is 10.2. The van der Waals surface area contributed by atoms with Crippen molar-refractivity contribution in [2.75, 3.05) is 5.32 Å². The number of nitrogens with one attached hydrogen (secondary N) is 3. The Morgan fingerprint density at radius 1 is 1.23 bits per heavy atom. The molecule has 4 rings (SSSR count). The molecule has 3 aromatic rings. The number of rotatable bonds is 4. The summed E-state index contributed by atoms with van der Waals surface area (Å²) in [5.74, 6) is -0.458. The maximum Gasteiger partial charge on any atom is 0.325 e. The van der Waals surface area contributed by atoms with Crippen molar-refractivity contribution in [2.45, 2.75) is 56.9 Å². The van der Waals surface area contributed by atoms with Crippen LogP contribution in [0.2, 0.25) is 0 Å². The zero-order chi connectivity index (χ0) is 22.1. The SMILES string of the molecule is Cc1ccc(NC(=O)NC(=O)C(C)Sc2nc3sc4c(c3c(=O)[nH]2)CCCC4)c(C)c1. The molecule has 1 aliphatic rings. The molecule has 3 amide bonds. The summed E-state index contributed by atoms with van der Waals surface area (Å²) in [6.07, 6.45) is 4.14. The van der Waals surface area contributed by atoms with Gasteiger partial charge in [-0.25, -0.2) is 9.78 Å². The summed E-state index contributed by atoms with van der Waals surface area (Å²) in [4.78, 5) is 46.7. The van der Waals surface area contributed by atoms with E-state index in [0.717, 1.165) is 59.0 Å². The summed E-state index contributed by atoms with van der Waals surface area (Å²) in [6, 6.07) is 5.06. The number of amides is 3. The number of H-pyrrole nitrogens is 1. The standard InChI is InChI=1S/C22H24N4O3S2/c1-11-8-9-15(12(2)10-11)23-21(29)24-18(27)13(3)30-22-25-19(28)17-14-6-4-5-7-16(14)31-20(17)26-22/h8-10,13H,4-7H2,1-3H3,(H,25,26,28)(H2,23,24,27,29). The summed E-state index contributed by atoms with van der Waals surface area (Å²) in [6.45, 7) is 5.54. The molecular weight excluding hydrogens is 432 g/mol. The maximum atomic E-state index is 12.7. The third-order valence-electron chi connectivity index (χ3n) is 5.33. The molecule has 3 N–H and O–H groups in total. The fourth-order valence-corrected chi connectivity index (χ4v) is 5.86. The number of hydrogen-bond donors (Lipinski definition) is 3. The van der Waals surface area contributed by atoms with Gasteiger partial charge >= 0.3 is 6.03 Å². The van der Waals surface area contributed by atoms with E-state index in [1.165, 1.54) is 4.88 Å². The predicted octanol–water partition coefficient (Wildman–Crippen LogP) is 4.31. The summed E-state index contributed by atoms with van der Waals surface area (Å²) >= 11 is 2.70. The lowest BCUT2D eigenvalue weighted by Gasteiger charge is -2.13.